The van der Waals surface area contributed by atoms with E-state index in [0.717, 1.165) is 22.2 Å². The number of carbonyl (C=O) groups is 2. The van der Waals surface area contributed by atoms with E-state index in [1.165, 1.54) is 0 Å². The summed E-state index contributed by atoms with van der Waals surface area (Å²) < 4.78 is 2.09. The molecule has 1 aromatic heterocycles. The second-order valence-corrected chi connectivity index (χ2v) is 7.95. The Morgan fingerprint density at radius 2 is 1.77 bits per heavy atom. The van der Waals surface area contributed by atoms with Crippen LogP contribution in [0.2, 0.25) is 5.02 Å². The van der Waals surface area contributed by atoms with Crippen LogP contribution >= 0.6 is 11.6 Å². The summed E-state index contributed by atoms with van der Waals surface area (Å²) in [7, 11) is 1.99. The number of aryl methyl sites for hydroxylation is 1. The van der Waals surface area contributed by atoms with E-state index in [2.05, 4.69) is 20.4 Å². The average Bonchev–Trinajstić information content (AvgIpc) is 2.97. The molecule has 2 amide bonds. The van der Waals surface area contributed by atoms with Crippen LogP contribution < -0.4 is 10.7 Å². The fraction of sp³-hybridized carbons (Fsp3) is 0.261. The van der Waals surface area contributed by atoms with Crippen molar-refractivity contribution in [1.29, 1.82) is 0 Å². The Hall–Kier alpha value is -3.12. The zero-order chi connectivity index (χ0) is 21.8. The molecule has 7 heteroatoms. The number of rotatable bonds is 6. The van der Waals surface area contributed by atoms with Gasteiger partial charge in [-0.3, -0.25) is 9.59 Å². The average molecular weight is 425 g/mol. The van der Waals surface area contributed by atoms with Crippen molar-refractivity contribution in [2.75, 3.05) is 0 Å². The number of hydrogen-bond donors (Lipinski definition) is 2. The number of benzene rings is 2. The minimum Gasteiger partial charge on any atom is -0.347 e. The van der Waals surface area contributed by atoms with Gasteiger partial charge >= 0.3 is 0 Å². The first-order chi connectivity index (χ1) is 14.3. The number of hydrazone groups is 1. The number of aromatic nitrogens is 1. The molecule has 1 atom stereocenters. The number of amides is 2. The maximum Gasteiger partial charge on any atom is 0.262 e. The third-order valence-electron chi connectivity index (χ3n) is 5.16. The molecular weight excluding hydrogens is 400 g/mol. The van der Waals surface area contributed by atoms with Gasteiger partial charge in [0.1, 0.15) is 6.04 Å². The van der Waals surface area contributed by atoms with Crippen LogP contribution in [-0.2, 0) is 11.8 Å². The highest BCUT2D eigenvalue weighted by molar-refractivity contribution is 6.30. The molecule has 0 fully saturated rings. The highest BCUT2D eigenvalue weighted by Crippen LogP contribution is 2.23. The smallest absolute Gasteiger partial charge is 0.262 e. The molecule has 0 radical (unpaired) electrons. The van der Waals surface area contributed by atoms with Gasteiger partial charge in [-0.15, -0.1) is 0 Å². The van der Waals surface area contributed by atoms with Gasteiger partial charge in [-0.25, -0.2) is 5.43 Å². The minimum atomic E-state index is -0.723. The van der Waals surface area contributed by atoms with Crippen molar-refractivity contribution < 1.29 is 9.59 Å². The maximum absolute atomic E-state index is 12.7. The van der Waals surface area contributed by atoms with E-state index in [1.807, 2.05) is 52.1 Å². The van der Waals surface area contributed by atoms with Crippen LogP contribution in [0.4, 0.5) is 0 Å². The molecule has 2 aromatic carbocycles. The van der Waals surface area contributed by atoms with Crippen molar-refractivity contribution in [2.45, 2.75) is 26.8 Å². The van der Waals surface area contributed by atoms with Crippen molar-refractivity contribution in [2.24, 2.45) is 18.1 Å². The maximum atomic E-state index is 12.7. The normalized spacial score (nSPS) is 12.5. The first-order valence-corrected chi connectivity index (χ1v) is 10.1. The van der Waals surface area contributed by atoms with Gasteiger partial charge in [0.25, 0.3) is 11.8 Å². The van der Waals surface area contributed by atoms with Crippen molar-refractivity contribution in [3.8, 4) is 0 Å². The zero-order valence-electron chi connectivity index (χ0n) is 17.4. The molecule has 0 bridgehead atoms. The predicted molar refractivity (Wildman–Crippen MR) is 121 cm³/mol. The number of para-hydroxylation sites is 1. The number of hydrogen-bond acceptors (Lipinski definition) is 3. The van der Waals surface area contributed by atoms with E-state index in [-0.39, 0.29) is 17.7 Å². The predicted octanol–water partition coefficient (Wildman–Crippen LogP) is 4.04. The van der Waals surface area contributed by atoms with Crippen LogP contribution in [-0.4, -0.2) is 28.6 Å². The molecule has 156 valence electrons. The van der Waals surface area contributed by atoms with Crippen LogP contribution in [0, 0.1) is 12.8 Å². The molecule has 1 unspecified atom stereocenters. The largest absolute Gasteiger partial charge is 0.347 e. The van der Waals surface area contributed by atoms with Crippen LogP contribution in [0.3, 0.4) is 0 Å². The van der Waals surface area contributed by atoms with Gasteiger partial charge in [-0.2, -0.15) is 5.10 Å². The summed E-state index contributed by atoms with van der Waals surface area (Å²) in [4.78, 5) is 25.2. The lowest BCUT2D eigenvalue weighted by molar-refractivity contribution is -0.123. The van der Waals surface area contributed by atoms with Crippen molar-refractivity contribution in [3.63, 3.8) is 0 Å². The lowest BCUT2D eigenvalue weighted by Gasteiger charge is -2.20. The van der Waals surface area contributed by atoms with E-state index < -0.39 is 6.04 Å². The SMILES string of the molecule is Cc1c(/C=N\NC(=O)C(NC(=O)c2ccc(Cl)cc2)C(C)C)c2ccccc2n1C. The third-order valence-corrected chi connectivity index (χ3v) is 5.41. The van der Waals surface area contributed by atoms with E-state index in [0.29, 0.717) is 10.6 Å². The summed E-state index contributed by atoms with van der Waals surface area (Å²) in [6, 6.07) is 13.8. The molecule has 3 rings (SSSR count). The number of nitrogens with zero attached hydrogens (tertiary/aromatic N) is 2. The minimum absolute atomic E-state index is 0.115. The fourth-order valence-electron chi connectivity index (χ4n) is 3.30. The molecule has 1 heterocycles. The lowest BCUT2D eigenvalue weighted by atomic mass is 10.0. The molecule has 0 saturated carbocycles. The van der Waals surface area contributed by atoms with E-state index in [4.69, 9.17) is 11.6 Å². The monoisotopic (exact) mass is 424 g/mol. The van der Waals surface area contributed by atoms with Crippen LogP contribution in [0.5, 0.6) is 0 Å². The highest BCUT2D eigenvalue weighted by atomic mass is 35.5. The molecule has 30 heavy (non-hydrogen) atoms. The third kappa shape index (κ3) is 4.54. The molecular formula is C23H25ClN4O2. The molecule has 2 N–H and O–H groups in total. The summed E-state index contributed by atoms with van der Waals surface area (Å²) in [5, 5.41) is 8.53. The molecule has 0 spiro atoms. The van der Waals surface area contributed by atoms with Gasteiger partial charge < -0.3 is 9.88 Å². The highest BCUT2D eigenvalue weighted by Gasteiger charge is 2.24. The summed E-state index contributed by atoms with van der Waals surface area (Å²) in [6.07, 6.45) is 1.65. The Bertz CT molecular complexity index is 1100. The second-order valence-electron chi connectivity index (χ2n) is 7.51. The first kappa shape index (κ1) is 21.6. The van der Waals surface area contributed by atoms with E-state index in [9.17, 15) is 9.59 Å². The summed E-state index contributed by atoms with van der Waals surface area (Å²) >= 11 is 5.87. The van der Waals surface area contributed by atoms with Gasteiger partial charge in [-0.1, -0.05) is 43.6 Å². The molecule has 0 aliphatic rings. The zero-order valence-corrected chi connectivity index (χ0v) is 18.2. The van der Waals surface area contributed by atoms with Crippen LogP contribution in [0.25, 0.3) is 10.9 Å². The fourth-order valence-corrected chi connectivity index (χ4v) is 3.43. The van der Waals surface area contributed by atoms with Gasteiger partial charge in [0.15, 0.2) is 0 Å². The summed E-state index contributed by atoms with van der Waals surface area (Å²) in [5.41, 5.74) is 6.09. The molecule has 0 aliphatic heterocycles. The van der Waals surface area contributed by atoms with E-state index in [1.54, 1.807) is 30.5 Å². The van der Waals surface area contributed by atoms with Crippen molar-refractivity contribution in [3.05, 3.63) is 70.4 Å². The van der Waals surface area contributed by atoms with Gasteiger partial charge in [0, 0.05) is 39.8 Å². The molecule has 0 aliphatic carbocycles. The molecule has 3 aromatic rings. The van der Waals surface area contributed by atoms with Gasteiger partial charge in [-0.05, 0) is 43.2 Å². The number of fused-ring (bicyclic) bond motifs is 1. The molecule has 6 nitrogen and oxygen atoms in total. The Balaban J connectivity index is 1.72. The standard InChI is InChI=1S/C23H25ClN4O2/c1-14(2)21(26-22(29)16-9-11-17(24)12-10-16)23(30)27-25-13-19-15(3)28(4)20-8-6-5-7-18(19)20/h5-14,21H,1-4H3,(H,26,29)(H,27,30)/b25-13-. The number of carbonyl (C=O) groups excluding carboxylic acids is 2. The van der Waals surface area contributed by atoms with Crippen LogP contribution in [0.1, 0.15) is 35.5 Å². The van der Waals surface area contributed by atoms with Crippen molar-refractivity contribution >= 4 is 40.5 Å². The van der Waals surface area contributed by atoms with E-state index >= 15 is 0 Å². The topological polar surface area (TPSA) is 75.5 Å². The molecule has 0 saturated heterocycles. The Morgan fingerprint density at radius 1 is 1.10 bits per heavy atom. The van der Waals surface area contributed by atoms with Crippen LogP contribution in [0.15, 0.2) is 53.6 Å². The first-order valence-electron chi connectivity index (χ1n) is 9.73. The Morgan fingerprint density at radius 3 is 2.43 bits per heavy atom. The summed E-state index contributed by atoms with van der Waals surface area (Å²) in [6.45, 7) is 5.74. The summed E-state index contributed by atoms with van der Waals surface area (Å²) in [5.74, 6) is -0.827. The Kier molecular flexibility index (Phi) is 6.57. The quantitative estimate of drug-likeness (QED) is 0.462. The number of nitrogens with one attached hydrogen (secondary N) is 2. The van der Waals surface area contributed by atoms with Gasteiger partial charge in [0.05, 0.1) is 6.21 Å². The van der Waals surface area contributed by atoms with Crippen molar-refractivity contribution in [1.82, 2.24) is 15.3 Å². The second kappa shape index (κ2) is 9.13. The number of halogens is 1. The lowest BCUT2D eigenvalue weighted by Crippen LogP contribution is -2.48. The Labute approximate surface area is 180 Å². The van der Waals surface area contributed by atoms with Gasteiger partial charge in [0.2, 0.25) is 0 Å².